The van der Waals surface area contributed by atoms with Crippen molar-refractivity contribution in [2.45, 2.75) is 32.7 Å². The SMILES string of the molecule is CCOc1ccc2ccccc2c1C(=O)NCC(=O)Nc1cccc2nc(C)n(C3CCC(=O)NC3=O)c(=O)c12. The van der Waals surface area contributed by atoms with Crippen molar-refractivity contribution in [2.24, 2.45) is 0 Å². The highest BCUT2D eigenvalue weighted by atomic mass is 16.5. The molecular weight excluding hydrogens is 514 g/mol. The molecule has 0 bridgehead atoms. The summed E-state index contributed by atoms with van der Waals surface area (Å²) in [6.45, 7) is 3.42. The zero-order chi connectivity index (χ0) is 28.4. The fourth-order valence-corrected chi connectivity index (χ4v) is 4.96. The van der Waals surface area contributed by atoms with Gasteiger partial charge in [0, 0.05) is 6.42 Å². The number of nitrogens with zero attached hydrogens (tertiary/aromatic N) is 2. The van der Waals surface area contributed by atoms with E-state index in [0.29, 0.717) is 34.6 Å². The van der Waals surface area contributed by atoms with E-state index in [-0.39, 0.29) is 30.5 Å². The number of carbonyl (C=O) groups excluding carboxylic acids is 4. The first-order valence-electron chi connectivity index (χ1n) is 12.9. The molecule has 1 atom stereocenters. The number of piperidine rings is 1. The van der Waals surface area contributed by atoms with Crippen LogP contribution in [0.4, 0.5) is 5.69 Å². The van der Waals surface area contributed by atoms with Gasteiger partial charge in [-0.25, -0.2) is 4.98 Å². The number of fused-ring (bicyclic) bond motifs is 2. The van der Waals surface area contributed by atoms with Crippen molar-refractivity contribution in [2.75, 3.05) is 18.5 Å². The van der Waals surface area contributed by atoms with Crippen molar-refractivity contribution in [3.63, 3.8) is 0 Å². The summed E-state index contributed by atoms with van der Waals surface area (Å²) in [5, 5.41) is 9.24. The number of benzene rings is 3. The molecule has 1 fully saturated rings. The normalized spacial score (nSPS) is 15.1. The average molecular weight is 542 g/mol. The van der Waals surface area contributed by atoms with Gasteiger partial charge in [-0.1, -0.05) is 36.4 Å². The quantitative estimate of drug-likeness (QED) is 0.305. The van der Waals surface area contributed by atoms with Gasteiger partial charge in [0.2, 0.25) is 17.7 Å². The lowest BCUT2D eigenvalue weighted by Crippen LogP contribution is -2.45. The van der Waals surface area contributed by atoms with Gasteiger partial charge < -0.3 is 15.4 Å². The van der Waals surface area contributed by atoms with Crippen LogP contribution in [0.3, 0.4) is 0 Å². The summed E-state index contributed by atoms with van der Waals surface area (Å²) in [5.74, 6) is -1.30. The predicted octanol–water partition coefficient (Wildman–Crippen LogP) is 2.60. The van der Waals surface area contributed by atoms with Gasteiger partial charge >= 0.3 is 0 Å². The molecule has 1 aliphatic rings. The third kappa shape index (κ3) is 5.00. The monoisotopic (exact) mass is 541 g/mol. The van der Waals surface area contributed by atoms with Crippen molar-refractivity contribution in [3.8, 4) is 5.75 Å². The summed E-state index contributed by atoms with van der Waals surface area (Å²) in [6, 6.07) is 14.9. The first kappa shape index (κ1) is 26.5. The molecule has 0 aliphatic carbocycles. The van der Waals surface area contributed by atoms with Gasteiger partial charge in [0.25, 0.3) is 11.5 Å². The number of nitrogens with one attached hydrogen (secondary N) is 3. The smallest absolute Gasteiger partial charge is 0.264 e. The third-order valence-electron chi connectivity index (χ3n) is 6.73. The van der Waals surface area contributed by atoms with Crippen LogP contribution in [0.15, 0.2) is 59.4 Å². The van der Waals surface area contributed by atoms with Crippen molar-refractivity contribution >= 4 is 51.0 Å². The second kappa shape index (κ2) is 11.0. The van der Waals surface area contributed by atoms with E-state index in [1.54, 1.807) is 31.2 Å². The predicted molar refractivity (Wildman–Crippen MR) is 148 cm³/mol. The van der Waals surface area contributed by atoms with Gasteiger partial charge in [-0.3, -0.25) is 33.9 Å². The number of anilines is 1. The summed E-state index contributed by atoms with van der Waals surface area (Å²) in [4.78, 5) is 68.3. The minimum atomic E-state index is -0.898. The molecule has 4 amide bonds. The minimum Gasteiger partial charge on any atom is -0.493 e. The van der Waals surface area contributed by atoms with Crippen LogP contribution in [0.1, 0.15) is 42.0 Å². The second-order valence-electron chi connectivity index (χ2n) is 9.32. The van der Waals surface area contributed by atoms with Gasteiger partial charge in [-0.05, 0) is 49.2 Å². The summed E-state index contributed by atoms with van der Waals surface area (Å²) in [7, 11) is 0. The van der Waals surface area contributed by atoms with Gasteiger partial charge in [0.15, 0.2) is 0 Å². The lowest BCUT2D eigenvalue weighted by Gasteiger charge is -2.24. The molecule has 0 radical (unpaired) electrons. The molecular formula is C29H27N5O6. The number of rotatable bonds is 7. The Labute approximate surface area is 228 Å². The topological polar surface area (TPSA) is 148 Å². The standard InChI is InChI=1S/C29H27N5O6/c1-3-40-22-13-11-17-7-4-5-8-18(17)25(22)28(38)30-15-24(36)32-20-10-6-9-19-26(20)29(39)34(16(2)31-19)21-12-14-23(35)33-27(21)37/h4-11,13,21H,3,12,14-15H2,1-2H3,(H,30,38)(H,32,36)(H,33,35,37). The molecule has 4 aromatic rings. The minimum absolute atomic E-state index is 0.0973. The highest BCUT2D eigenvalue weighted by Crippen LogP contribution is 2.28. The number of ether oxygens (including phenoxy) is 1. The molecule has 1 aromatic heterocycles. The second-order valence-corrected chi connectivity index (χ2v) is 9.32. The van der Waals surface area contributed by atoms with Gasteiger partial charge in [0.05, 0.1) is 35.3 Å². The Kier molecular flexibility index (Phi) is 7.28. The lowest BCUT2D eigenvalue weighted by atomic mass is 10.0. The third-order valence-corrected chi connectivity index (χ3v) is 6.73. The molecule has 0 spiro atoms. The number of aromatic nitrogens is 2. The highest BCUT2D eigenvalue weighted by Gasteiger charge is 2.31. The first-order chi connectivity index (χ1) is 19.3. The number of aryl methyl sites for hydroxylation is 1. The highest BCUT2D eigenvalue weighted by molar-refractivity contribution is 6.11. The Morgan fingerprint density at radius 3 is 2.65 bits per heavy atom. The molecule has 1 unspecified atom stereocenters. The van der Waals surface area contributed by atoms with Crippen molar-refractivity contribution in [3.05, 3.63) is 76.3 Å². The maximum atomic E-state index is 13.6. The van der Waals surface area contributed by atoms with Crippen molar-refractivity contribution < 1.29 is 23.9 Å². The van der Waals surface area contributed by atoms with Gasteiger partial charge in [-0.15, -0.1) is 0 Å². The van der Waals surface area contributed by atoms with Crippen LogP contribution in [-0.4, -0.2) is 46.3 Å². The number of imide groups is 1. The number of hydrogen-bond acceptors (Lipinski definition) is 7. The number of hydrogen-bond donors (Lipinski definition) is 3. The largest absolute Gasteiger partial charge is 0.493 e. The van der Waals surface area contributed by atoms with Crippen LogP contribution < -0.4 is 26.2 Å². The van der Waals surface area contributed by atoms with Crippen LogP contribution in [0.5, 0.6) is 5.75 Å². The molecule has 11 heteroatoms. The van der Waals surface area contributed by atoms with Gasteiger partial charge in [0.1, 0.15) is 17.6 Å². The summed E-state index contributed by atoms with van der Waals surface area (Å²) >= 11 is 0. The Morgan fingerprint density at radius 2 is 1.88 bits per heavy atom. The van der Waals surface area contributed by atoms with E-state index in [2.05, 4.69) is 20.9 Å². The van der Waals surface area contributed by atoms with E-state index in [1.165, 1.54) is 4.57 Å². The van der Waals surface area contributed by atoms with Crippen LogP contribution in [0, 0.1) is 6.92 Å². The number of carbonyl (C=O) groups is 4. The van der Waals surface area contributed by atoms with E-state index in [4.69, 9.17) is 4.74 Å². The van der Waals surface area contributed by atoms with E-state index in [9.17, 15) is 24.0 Å². The van der Waals surface area contributed by atoms with Crippen LogP contribution in [-0.2, 0) is 14.4 Å². The Morgan fingerprint density at radius 1 is 1.07 bits per heavy atom. The van der Waals surface area contributed by atoms with Gasteiger partial charge in [-0.2, -0.15) is 0 Å². The molecule has 1 saturated heterocycles. The average Bonchev–Trinajstić information content (AvgIpc) is 2.92. The van der Waals surface area contributed by atoms with Crippen molar-refractivity contribution in [1.82, 2.24) is 20.2 Å². The molecule has 40 heavy (non-hydrogen) atoms. The van der Waals surface area contributed by atoms with E-state index >= 15 is 0 Å². The van der Waals surface area contributed by atoms with E-state index in [1.807, 2.05) is 37.3 Å². The zero-order valence-corrected chi connectivity index (χ0v) is 21.9. The molecule has 5 rings (SSSR count). The van der Waals surface area contributed by atoms with Crippen LogP contribution >= 0.6 is 0 Å². The van der Waals surface area contributed by atoms with Crippen LogP contribution in [0.2, 0.25) is 0 Å². The molecule has 2 heterocycles. The van der Waals surface area contributed by atoms with Crippen molar-refractivity contribution in [1.29, 1.82) is 0 Å². The lowest BCUT2D eigenvalue weighted by molar-refractivity contribution is -0.135. The van der Waals surface area contributed by atoms with E-state index in [0.717, 1.165) is 5.39 Å². The first-order valence-corrected chi connectivity index (χ1v) is 12.9. The maximum Gasteiger partial charge on any atom is 0.264 e. The summed E-state index contributed by atoms with van der Waals surface area (Å²) in [6.07, 6.45) is 0.261. The zero-order valence-electron chi connectivity index (χ0n) is 21.9. The Hall–Kier alpha value is -5.06. The Balaban J connectivity index is 1.40. The fraction of sp³-hybridized carbons (Fsp3) is 0.241. The molecule has 0 saturated carbocycles. The molecule has 11 nitrogen and oxygen atoms in total. The maximum absolute atomic E-state index is 13.6. The summed E-state index contributed by atoms with van der Waals surface area (Å²) in [5.41, 5.74) is 0.333. The van der Waals surface area contributed by atoms with Crippen LogP contribution in [0.25, 0.3) is 21.7 Å². The number of amides is 4. The van der Waals surface area contributed by atoms with E-state index < -0.39 is 35.2 Å². The summed E-state index contributed by atoms with van der Waals surface area (Å²) < 4.78 is 6.91. The fourth-order valence-electron chi connectivity index (χ4n) is 4.96. The molecule has 204 valence electrons. The Bertz CT molecular complexity index is 1740. The molecule has 1 aliphatic heterocycles. The molecule has 3 aromatic carbocycles. The molecule has 3 N–H and O–H groups in total.